The first-order valence-corrected chi connectivity index (χ1v) is 7.74. The van der Waals surface area contributed by atoms with E-state index in [0.29, 0.717) is 20.9 Å². The molecule has 0 saturated heterocycles. The molecule has 3 nitrogen and oxygen atoms in total. The van der Waals surface area contributed by atoms with Gasteiger partial charge in [-0.1, -0.05) is 18.5 Å². The summed E-state index contributed by atoms with van der Waals surface area (Å²) in [4.78, 5) is 4.39. The smallest absolute Gasteiger partial charge is 0.141 e. The molecule has 0 aliphatic carbocycles. The zero-order chi connectivity index (χ0) is 15.2. The highest BCUT2D eigenvalue weighted by molar-refractivity contribution is 9.10. The maximum absolute atomic E-state index is 13.4. The first-order valence-electron chi connectivity index (χ1n) is 6.57. The zero-order valence-corrected chi connectivity index (χ0v) is 13.8. The third kappa shape index (κ3) is 4.58. The second kappa shape index (κ2) is 7.61. The molecule has 0 amide bonds. The van der Waals surface area contributed by atoms with Crippen molar-refractivity contribution < 1.29 is 9.13 Å². The zero-order valence-electron chi connectivity index (χ0n) is 11.5. The quantitative estimate of drug-likeness (QED) is 0.770. The van der Waals surface area contributed by atoms with Gasteiger partial charge < -0.3 is 10.1 Å². The number of hydrogen-bond donors (Lipinski definition) is 1. The second-order valence-electron chi connectivity index (χ2n) is 4.42. The van der Waals surface area contributed by atoms with Gasteiger partial charge in [-0.25, -0.2) is 9.37 Å². The molecule has 0 fully saturated rings. The first-order chi connectivity index (χ1) is 10.1. The predicted molar refractivity (Wildman–Crippen MR) is 86.5 cm³/mol. The van der Waals surface area contributed by atoms with E-state index in [-0.39, 0.29) is 12.4 Å². The normalized spacial score (nSPS) is 10.5. The number of hydrogen-bond acceptors (Lipinski definition) is 3. The number of benzene rings is 1. The van der Waals surface area contributed by atoms with Gasteiger partial charge in [-0.3, -0.25) is 0 Å². The van der Waals surface area contributed by atoms with E-state index in [9.17, 15) is 4.39 Å². The van der Waals surface area contributed by atoms with E-state index in [1.807, 2.05) is 6.07 Å². The third-order valence-electron chi connectivity index (χ3n) is 2.74. The lowest BCUT2D eigenvalue weighted by Gasteiger charge is -2.10. The molecule has 0 bridgehead atoms. The molecule has 0 atom stereocenters. The van der Waals surface area contributed by atoms with Crippen LogP contribution in [0, 0.1) is 5.82 Å². The van der Waals surface area contributed by atoms with Crippen LogP contribution in [0.1, 0.15) is 19.0 Å². The van der Waals surface area contributed by atoms with E-state index in [1.54, 1.807) is 18.2 Å². The Bertz CT molecular complexity index is 625. The molecule has 1 aromatic carbocycles. The summed E-state index contributed by atoms with van der Waals surface area (Å²) in [6.45, 7) is 3.10. The fraction of sp³-hybridized carbons (Fsp3) is 0.267. The molecule has 0 aliphatic heterocycles. The summed E-state index contributed by atoms with van der Waals surface area (Å²) in [5.41, 5.74) is 0.612. The molecular formula is C15H15BrClFN2O. The monoisotopic (exact) mass is 372 g/mol. The lowest BCUT2D eigenvalue weighted by atomic mass is 10.3. The topological polar surface area (TPSA) is 34.1 Å². The Morgan fingerprint density at radius 2 is 2.14 bits per heavy atom. The molecule has 0 saturated carbocycles. The van der Waals surface area contributed by atoms with Gasteiger partial charge in [-0.05, 0) is 46.6 Å². The molecule has 112 valence electrons. The third-order valence-corrected chi connectivity index (χ3v) is 3.73. The minimum Gasteiger partial charge on any atom is -0.487 e. The molecule has 1 aromatic heterocycles. The summed E-state index contributed by atoms with van der Waals surface area (Å²) >= 11 is 9.20. The number of anilines is 1. The average Bonchev–Trinajstić information content (AvgIpc) is 2.48. The number of aromatic nitrogens is 1. The van der Waals surface area contributed by atoms with Crippen LogP contribution in [0.4, 0.5) is 10.2 Å². The van der Waals surface area contributed by atoms with E-state index < -0.39 is 0 Å². The highest BCUT2D eigenvalue weighted by Gasteiger charge is 2.07. The molecule has 0 spiro atoms. The SMILES string of the molecule is CCCNc1ccc(Cl)c(COc2ccc(Br)c(F)c2)n1. The predicted octanol–water partition coefficient (Wildman–Crippen LogP) is 5.04. The Morgan fingerprint density at radius 1 is 1.33 bits per heavy atom. The van der Waals surface area contributed by atoms with Gasteiger partial charge in [0.15, 0.2) is 0 Å². The minimum absolute atomic E-state index is 0.182. The van der Waals surface area contributed by atoms with Crippen LogP contribution in [0.3, 0.4) is 0 Å². The minimum atomic E-state index is -0.370. The largest absolute Gasteiger partial charge is 0.487 e. The summed E-state index contributed by atoms with van der Waals surface area (Å²) in [5, 5.41) is 3.71. The number of halogens is 3. The van der Waals surface area contributed by atoms with Crippen molar-refractivity contribution in [2.45, 2.75) is 20.0 Å². The van der Waals surface area contributed by atoms with Gasteiger partial charge in [0.2, 0.25) is 0 Å². The van der Waals surface area contributed by atoms with Crippen LogP contribution in [-0.2, 0) is 6.61 Å². The molecular weight excluding hydrogens is 359 g/mol. The average molecular weight is 374 g/mol. The van der Waals surface area contributed by atoms with Gasteiger partial charge >= 0.3 is 0 Å². The Hall–Kier alpha value is -1.33. The molecule has 1 heterocycles. The number of nitrogens with zero attached hydrogens (tertiary/aromatic N) is 1. The van der Waals surface area contributed by atoms with Gasteiger partial charge in [-0.2, -0.15) is 0 Å². The lowest BCUT2D eigenvalue weighted by molar-refractivity contribution is 0.300. The molecule has 1 N–H and O–H groups in total. The molecule has 0 radical (unpaired) electrons. The van der Waals surface area contributed by atoms with Crippen LogP contribution in [-0.4, -0.2) is 11.5 Å². The van der Waals surface area contributed by atoms with Crippen LogP contribution < -0.4 is 10.1 Å². The maximum atomic E-state index is 13.4. The number of pyridine rings is 1. The summed E-state index contributed by atoms with van der Waals surface area (Å²) < 4.78 is 19.3. The van der Waals surface area contributed by atoms with Crippen LogP contribution in [0.15, 0.2) is 34.8 Å². The fourth-order valence-electron chi connectivity index (χ4n) is 1.66. The standard InChI is InChI=1S/C15H15BrClFN2O/c1-2-7-19-15-6-5-12(17)14(20-15)9-21-10-3-4-11(16)13(18)8-10/h3-6,8H,2,7,9H2,1H3,(H,19,20). The van der Waals surface area contributed by atoms with Gasteiger partial charge in [-0.15, -0.1) is 0 Å². The first kappa shape index (κ1) is 16.0. The second-order valence-corrected chi connectivity index (χ2v) is 5.68. The summed E-state index contributed by atoms with van der Waals surface area (Å²) in [5.74, 6) is 0.812. The van der Waals surface area contributed by atoms with E-state index in [4.69, 9.17) is 16.3 Å². The summed E-state index contributed by atoms with van der Waals surface area (Å²) in [6, 6.07) is 8.19. The van der Waals surface area contributed by atoms with Crippen molar-refractivity contribution in [1.82, 2.24) is 4.98 Å². The number of ether oxygens (including phenoxy) is 1. The van der Waals surface area contributed by atoms with Crippen LogP contribution >= 0.6 is 27.5 Å². The molecule has 2 aromatic rings. The highest BCUT2D eigenvalue weighted by atomic mass is 79.9. The highest BCUT2D eigenvalue weighted by Crippen LogP contribution is 2.23. The van der Waals surface area contributed by atoms with E-state index in [1.165, 1.54) is 6.07 Å². The Morgan fingerprint density at radius 3 is 2.86 bits per heavy atom. The van der Waals surface area contributed by atoms with Crippen molar-refractivity contribution >= 4 is 33.3 Å². The van der Waals surface area contributed by atoms with Crippen molar-refractivity contribution in [2.75, 3.05) is 11.9 Å². The summed E-state index contributed by atoms with van der Waals surface area (Å²) in [6.07, 6.45) is 1.01. The molecule has 6 heteroatoms. The van der Waals surface area contributed by atoms with E-state index in [2.05, 4.69) is 33.2 Å². The van der Waals surface area contributed by atoms with E-state index >= 15 is 0 Å². The molecule has 0 unspecified atom stereocenters. The van der Waals surface area contributed by atoms with E-state index in [0.717, 1.165) is 18.8 Å². The number of nitrogens with one attached hydrogen (secondary N) is 1. The van der Waals surface area contributed by atoms with Gasteiger partial charge in [0.25, 0.3) is 0 Å². The van der Waals surface area contributed by atoms with Gasteiger partial charge in [0.1, 0.15) is 24.0 Å². The Labute approximate surface area is 136 Å². The van der Waals surface area contributed by atoms with Crippen molar-refractivity contribution in [1.29, 1.82) is 0 Å². The van der Waals surface area contributed by atoms with Gasteiger partial charge in [0.05, 0.1) is 15.2 Å². The van der Waals surface area contributed by atoms with Crippen molar-refractivity contribution in [3.8, 4) is 5.75 Å². The Kier molecular flexibility index (Phi) is 5.82. The van der Waals surface area contributed by atoms with Gasteiger partial charge in [0, 0.05) is 12.6 Å². The number of rotatable bonds is 6. The summed E-state index contributed by atoms with van der Waals surface area (Å²) in [7, 11) is 0. The van der Waals surface area contributed by atoms with Crippen LogP contribution in [0.25, 0.3) is 0 Å². The molecule has 21 heavy (non-hydrogen) atoms. The fourth-order valence-corrected chi connectivity index (χ4v) is 2.06. The lowest BCUT2D eigenvalue weighted by Crippen LogP contribution is -2.05. The van der Waals surface area contributed by atoms with Crippen molar-refractivity contribution in [3.63, 3.8) is 0 Å². The van der Waals surface area contributed by atoms with Crippen LogP contribution in [0.2, 0.25) is 5.02 Å². The van der Waals surface area contributed by atoms with Crippen molar-refractivity contribution in [2.24, 2.45) is 0 Å². The Balaban J connectivity index is 2.06. The van der Waals surface area contributed by atoms with Crippen molar-refractivity contribution in [3.05, 3.63) is 51.3 Å². The van der Waals surface area contributed by atoms with Crippen LogP contribution in [0.5, 0.6) is 5.75 Å². The maximum Gasteiger partial charge on any atom is 0.141 e. The molecule has 0 aliphatic rings. The molecule has 2 rings (SSSR count).